The highest BCUT2D eigenvalue weighted by Crippen LogP contribution is 2.67. The molecule has 8 atom stereocenters. The molecule has 0 spiro atoms. The summed E-state index contributed by atoms with van der Waals surface area (Å²) in [6.07, 6.45) is 19.7. The van der Waals surface area contributed by atoms with E-state index in [1.54, 1.807) is 0 Å². The molecule has 4 aliphatic carbocycles. The van der Waals surface area contributed by atoms with E-state index < -0.39 is 0 Å². The Balaban J connectivity index is 1.48. The molecule has 0 bridgehead atoms. The van der Waals surface area contributed by atoms with Gasteiger partial charge in [0.1, 0.15) is 0 Å². The van der Waals surface area contributed by atoms with E-state index in [2.05, 4.69) is 54.0 Å². The second-order valence-corrected chi connectivity index (χ2v) is 12.3. The molecule has 0 aromatic heterocycles. The van der Waals surface area contributed by atoms with Crippen molar-refractivity contribution in [3.63, 3.8) is 0 Å². The molecule has 28 heavy (non-hydrogen) atoms. The average molecular weight is 384 g/mol. The van der Waals surface area contributed by atoms with Gasteiger partial charge in [0.15, 0.2) is 0 Å². The van der Waals surface area contributed by atoms with Gasteiger partial charge in [-0.05, 0) is 110 Å². The van der Waals surface area contributed by atoms with Crippen LogP contribution >= 0.6 is 0 Å². The van der Waals surface area contributed by atoms with Gasteiger partial charge in [-0.3, -0.25) is 0 Å². The number of rotatable bonds is 5. The molecule has 0 heteroatoms. The van der Waals surface area contributed by atoms with Crippen molar-refractivity contribution in [3.8, 4) is 0 Å². The normalized spacial score (nSPS) is 45.0. The fraction of sp³-hybridized carbons (Fsp3) is 0.893. The zero-order valence-corrected chi connectivity index (χ0v) is 19.8. The van der Waals surface area contributed by atoms with E-state index in [1.165, 1.54) is 64.2 Å². The first-order chi connectivity index (χ1) is 13.3. The van der Waals surface area contributed by atoms with Crippen molar-refractivity contribution in [2.75, 3.05) is 0 Å². The topological polar surface area (TPSA) is 0 Å². The minimum absolute atomic E-state index is 0.537. The molecule has 0 saturated heterocycles. The zero-order valence-electron chi connectivity index (χ0n) is 19.8. The molecule has 3 fully saturated rings. The number of allylic oxidation sites excluding steroid dienone is 2. The summed E-state index contributed by atoms with van der Waals surface area (Å²) in [5.41, 5.74) is 2.98. The van der Waals surface area contributed by atoms with Crippen molar-refractivity contribution in [1.82, 2.24) is 0 Å². The highest BCUT2D eigenvalue weighted by Gasteiger charge is 2.58. The molecule has 3 saturated carbocycles. The first-order valence-electron chi connectivity index (χ1n) is 12.8. The standard InChI is InChI=1S/C28H47/c1-19(2)20(3)10-11-21(4)24-14-15-25-23-13-12-22-9-7-8-17-27(22,5)26(23)16-18-28(24,25)6/h7,12,19-21,23-26H,8-11,13-18H2,1-6H3/t20?,21-,23+,24-,25+,26+,27+,28-/m1/s1. The van der Waals surface area contributed by atoms with E-state index in [1.807, 2.05) is 5.57 Å². The van der Waals surface area contributed by atoms with Gasteiger partial charge < -0.3 is 0 Å². The molecule has 0 aromatic carbocycles. The van der Waals surface area contributed by atoms with E-state index >= 15 is 0 Å². The zero-order chi connectivity index (χ0) is 20.1. The van der Waals surface area contributed by atoms with Crippen molar-refractivity contribution in [3.05, 3.63) is 18.1 Å². The maximum Gasteiger partial charge on any atom is -0.00851 e. The van der Waals surface area contributed by atoms with Gasteiger partial charge >= 0.3 is 0 Å². The minimum atomic E-state index is 0.537. The highest BCUT2D eigenvalue weighted by atomic mass is 14.6. The molecule has 4 aliphatic rings. The first-order valence-corrected chi connectivity index (χ1v) is 12.8. The van der Waals surface area contributed by atoms with Crippen LogP contribution in [-0.4, -0.2) is 0 Å². The molecule has 0 nitrogen and oxygen atoms in total. The summed E-state index contributed by atoms with van der Waals surface area (Å²) >= 11 is 0. The summed E-state index contributed by atoms with van der Waals surface area (Å²) < 4.78 is 0. The second kappa shape index (κ2) is 7.77. The van der Waals surface area contributed by atoms with Gasteiger partial charge in [0.05, 0.1) is 0 Å². The van der Waals surface area contributed by atoms with Crippen LogP contribution < -0.4 is 0 Å². The van der Waals surface area contributed by atoms with Crippen LogP contribution in [0.3, 0.4) is 0 Å². The molecule has 1 unspecified atom stereocenters. The predicted molar refractivity (Wildman–Crippen MR) is 122 cm³/mol. The Morgan fingerprint density at radius 3 is 2.50 bits per heavy atom. The lowest BCUT2D eigenvalue weighted by molar-refractivity contribution is -0.0485. The van der Waals surface area contributed by atoms with Crippen LogP contribution in [0.4, 0.5) is 0 Å². The summed E-state index contributed by atoms with van der Waals surface area (Å²) in [4.78, 5) is 0. The lowest BCUT2D eigenvalue weighted by Crippen LogP contribution is -2.50. The quantitative estimate of drug-likeness (QED) is 0.417. The molecule has 4 rings (SSSR count). The van der Waals surface area contributed by atoms with E-state index in [9.17, 15) is 0 Å². The Bertz CT molecular complexity index is 585. The van der Waals surface area contributed by atoms with Gasteiger partial charge in [0.25, 0.3) is 0 Å². The Morgan fingerprint density at radius 2 is 1.75 bits per heavy atom. The summed E-state index contributed by atoms with van der Waals surface area (Å²) in [5.74, 6) is 6.59. The Hall–Kier alpha value is -0.260. The Morgan fingerprint density at radius 1 is 0.964 bits per heavy atom. The van der Waals surface area contributed by atoms with Gasteiger partial charge in [-0.25, -0.2) is 0 Å². The average Bonchev–Trinajstić information content (AvgIpc) is 3.02. The van der Waals surface area contributed by atoms with Crippen molar-refractivity contribution in [2.24, 2.45) is 52.3 Å². The maximum absolute atomic E-state index is 2.73. The van der Waals surface area contributed by atoms with Crippen molar-refractivity contribution < 1.29 is 0 Å². The van der Waals surface area contributed by atoms with Crippen LogP contribution in [0.5, 0.6) is 0 Å². The van der Waals surface area contributed by atoms with Crippen LogP contribution in [0, 0.1) is 58.7 Å². The van der Waals surface area contributed by atoms with Crippen LogP contribution in [0.25, 0.3) is 0 Å². The largest absolute Gasteiger partial charge is 0.0845 e. The molecule has 0 amide bonds. The van der Waals surface area contributed by atoms with Crippen molar-refractivity contribution >= 4 is 0 Å². The third kappa shape index (κ3) is 3.33. The van der Waals surface area contributed by atoms with E-state index in [-0.39, 0.29) is 0 Å². The van der Waals surface area contributed by atoms with Gasteiger partial charge in [0.2, 0.25) is 0 Å². The molecule has 159 valence electrons. The van der Waals surface area contributed by atoms with E-state index in [4.69, 9.17) is 0 Å². The maximum atomic E-state index is 2.73. The Labute approximate surface area is 176 Å². The minimum Gasteiger partial charge on any atom is -0.0845 e. The lowest BCUT2D eigenvalue weighted by atomic mass is 9.47. The molecule has 0 aromatic rings. The fourth-order valence-corrected chi connectivity index (χ4v) is 8.51. The molecule has 0 heterocycles. The van der Waals surface area contributed by atoms with Crippen LogP contribution in [0.15, 0.2) is 11.6 Å². The lowest BCUT2D eigenvalue weighted by Gasteiger charge is -2.58. The van der Waals surface area contributed by atoms with Crippen LogP contribution in [0.1, 0.15) is 106 Å². The summed E-state index contributed by atoms with van der Waals surface area (Å²) in [7, 11) is 0. The molecular weight excluding hydrogens is 336 g/mol. The number of hydrogen-bond acceptors (Lipinski definition) is 0. The monoisotopic (exact) mass is 383 g/mol. The van der Waals surface area contributed by atoms with Crippen LogP contribution in [-0.2, 0) is 0 Å². The van der Waals surface area contributed by atoms with Gasteiger partial charge in [0, 0.05) is 0 Å². The smallest absolute Gasteiger partial charge is 0.00851 e. The SMILES string of the molecule is CC(C)C(C)CC[C@@H](C)[C@H]1CC[C@H]2[C@@H]3CC=C4C[CH]CC[C@]4(C)[C@H]3CC[C@]12C. The molecule has 0 aliphatic heterocycles. The third-order valence-electron chi connectivity index (χ3n) is 10.8. The number of fused-ring (bicyclic) bond motifs is 5. The summed E-state index contributed by atoms with van der Waals surface area (Å²) in [6, 6.07) is 0. The van der Waals surface area contributed by atoms with Gasteiger partial charge in [-0.1, -0.05) is 66.0 Å². The van der Waals surface area contributed by atoms with E-state index in [0.29, 0.717) is 10.8 Å². The van der Waals surface area contributed by atoms with E-state index in [0.717, 1.165) is 41.4 Å². The summed E-state index contributed by atoms with van der Waals surface area (Å²) in [6.45, 7) is 15.2. The predicted octanol–water partition coefficient (Wildman–Crippen LogP) is 8.48. The summed E-state index contributed by atoms with van der Waals surface area (Å²) in [5, 5.41) is 0. The Kier molecular flexibility index (Phi) is 5.83. The third-order valence-corrected chi connectivity index (χ3v) is 10.8. The van der Waals surface area contributed by atoms with Gasteiger partial charge in [-0.2, -0.15) is 0 Å². The number of hydrogen-bond donors (Lipinski definition) is 0. The fourth-order valence-electron chi connectivity index (χ4n) is 8.51. The molecule has 0 N–H and O–H groups in total. The molecule has 1 radical (unpaired) electrons. The van der Waals surface area contributed by atoms with Crippen LogP contribution in [0.2, 0.25) is 0 Å². The van der Waals surface area contributed by atoms with Crippen molar-refractivity contribution in [1.29, 1.82) is 0 Å². The first kappa shape index (κ1) is 21.0. The van der Waals surface area contributed by atoms with Gasteiger partial charge in [-0.15, -0.1) is 0 Å². The van der Waals surface area contributed by atoms with Crippen molar-refractivity contribution in [2.45, 2.75) is 106 Å². The second-order valence-electron chi connectivity index (χ2n) is 12.3. The molecular formula is C28H47. The highest BCUT2D eigenvalue weighted by molar-refractivity contribution is 5.26.